The van der Waals surface area contributed by atoms with Crippen molar-refractivity contribution in [2.24, 2.45) is 0 Å². The number of hydrogen-bond acceptors (Lipinski definition) is 5. The van der Waals surface area contributed by atoms with E-state index in [0.29, 0.717) is 18.7 Å². The molecule has 0 saturated carbocycles. The van der Waals surface area contributed by atoms with Gasteiger partial charge in [-0.15, -0.1) is 11.3 Å². The predicted octanol–water partition coefficient (Wildman–Crippen LogP) is 4.59. The van der Waals surface area contributed by atoms with Crippen LogP contribution in [0, 0.1) is 0 Å². The van der Waals surface area contributed by atoms with Crippen LogP contribution in [-0.4, -0.2) is 33.8 Å². The van der Waals surface area contributed by atoms with Crippen molar-refractivity contribution >= 4 is 23.1 Å². The molecule has 7 heteroatoms. The number of anilines is 1. The number of rotatable bonds is 7. The molecule has 0 atom stereocenters. The van der Waals surface area contributed by atoms with Crippen molar-refractivity contribution in [3.63, 3.8) is 0 Å². The minimum Gasteiger partial charge on any atom is -0.357 e. The first-order valence-electron chi connectivity index (χ1n) is 10.9. The molecule has 1 amide bonds. The van der Waals surface area contributed by atoms with Crippen LogP contribution in [0.2, 0.25) is 0 Å². The second-order valence-electron chi connectivity index (χ2n) is 7.95. The molecule has 4 heterocycles. The molecule has 1 N–H and O–H groups in total. The Labute approximate surface area is 191 Å². The fraction of sp³-hybridized carbons (Fsp3) is 0.240. The van der Waals surface area contributed by atoms with Crippen molar-refractivity contribution in [2.45, 2.75) is 25.9 Å². The number of nitrogens with zero attached hydrogens (tertiary/aromatic N) is 4. The lowest BCUT2D eigenvalue weighted by Crippen LogP contribution is -2.24. The Kier molecular flexibility index (Phi) is 5.98. The van der Waals surface area contributed by atoms with Crippen LogP contribution >= 0.6 is 11.3 Å². The standard InChI is InChI=1S/C25H25N5OS/c31-25(27-16-20-10-11-26-23(15-20)29-12-4-5-13-29)21-18-30(17-19-7-2-1-3-8-19)28-24(21)22-9-6-14-32-22/h1-3,6-11,14-15,18H,4-5,12-13,16-17H2,(H,27,31). The summed E-state index contributed by atoms with van der Waals surface area (Å²) in [7, 11) is 0. The normalized spacial score (nSPS) is 13.4. The largest absolute Gasteiger partial charge is 0.357 e. The number of amides is 1. The van der Waals surface area contributed by atoms with Gasteiger partial charge in [0.1, 0.15) is 11.5 Å². The van der Waals surface area contributed by atoms with Gasteiger partial charge in [-0.05, 0) is 47.5 Å². The average Bonchev–Trinajstić information content (AvgIpc) is 3.60. The number of carbonyl (C=O) groups excluding carboxylic acids is 1. The maximum absolute atomic E-state index is 13.2. The van der Waals surface area contributed by atoms with Crippen molar-refractivity contribution in [1.29, 1.82) is 0 Å². The van der Waals surface area contributed by atoms with E-state index in [1.807, 2.05) is 58.9 Å². The highest BCUT2D eigenvalue weighted by atomic mass is 32.1. The number of aromatic nitrogens is 3. The molecule has 5 rings (SSSR count). The summed E-state index contributed by atoms with van der Waals surface area (Å²) >= 11 is 1.59. The average molecular weight is 444 g/mol. The lowest BCUT2D eigenvalue weighted by molar-refractivity contribution is 0.0951. The summed E-state index contributed by atoms with van der Waals surface area (Å²) in [5.74, 6) is 0.872. The van der Waals surface area contributed by atoms with Gasteiger partial charge in [0, 0.05) is 32.0 Å². The molecule has 0 bridgehead atoms. The molecule has 0 aliphatic carbocycles. The molecular formula is C25H25N5OS. The van der Waals surface area contributed by atoms with Gasteiger partial charge in [-0.3, -0.25) is 9.48 Å². The fourth-order valence-electron chi connectivity index (χ4n) is 4.00. The van der Waals surface area contributed by atoms with Gasteiger partial charge in [-0.1, -0.05) is 36.4 Å². The van der Waals surface area contributed by atoms with E-state index in [9.17, 15) is 4.79 Å². The SMILES string of the molecule is O=C(NCc1ccnc(N2CCCC2)c1)c1cn(Cc2ccccc2)nc1-c1cccs1. The summed E-state index contributed by atoms with van der Waals surface area (Å²) in [6.07, 6.45) is 6.09. The molecule has 1 aliphatic rings. The van der Waals surface area contributed by atoms with Gasteiger partial charge in [0.2, 0.25) is 0 Å². The smallest absolute Gasteiger partial charge is 0.255 e. The van der Waals surface area contributed by atoms with E-state index in [1.165, 1.54) is 12.8 Å². The third-order valence-electron chi connectivity index (χ3n) is 5.64. The summed E-state index contributed by atoms with van der Waals surface area (Å²) < 4.78 is 1.84. The number of benzene rings is 1. The predicted molar refractivity (Wildman–Crippen MR) is 128 cm³/mol. The van der Waals surface area contributed by atoms with Crippen LogP contribution in [0.1, 0.15) is 34.3 Å². The molecule has 3 aromatic heterocycles. The van der Waals surface area contributed by atoms with Crippen molar-refractivity contribution < 1.29 is 4.79 Å². The zero-order valence-corrected chi connectivity index (χ0v) is 18.6. The van der Waals surface area contributed by atoms with Gasteiger partial charge in [-0.25, -0.2) is 4.98 Å². The third-order valence-corrected chi connectivity index (χ3v) is 6.52. The maximum Gasteiger partial charge on any atom is 0.255 e. The zero-order chi connectivity index (χ0) is 21.8. The van der Waals surface area contributed by atoms with E-state index < -0.39 is 0 Å². The quantitative estimate of drug-likeness (QED) is 0.454. The van der Waals surface area contributed by atoms with Crippen molar-refractivity contribution in [1.82, 2.24) is 20.1 Å². The van der Waals surface area contributed by atoms with Gasteiger partial charge in [-0.2, -0.15) is 5.10 Å². The summed E-state index contributed by atoms with van der Waals surface area (Å²) in [5, 5.41) is 9.82. The monoisotopic (exact) mass is 443 g/mol. The zero-order valence-electron chi connectivity index (χ0n) is 17.8. The lowest BCUT2D eigenvalue weighted by atomic mass is 10.2. The van der Waals surface area contributed by atoms with Crippen LogP contribution in [0.5, 0.6) is 0 Å². The lowest BCUT2D eigenvalue weighted by Gasteiger charge is -2.17. The first-order valence-corrected chi connectivity index (χ1v) is 11.8. The number of thiophene rings is 1. The van der Waals surface area contributed by atoms with Crippen molar-refractivity contribution in [3.8, 4) is 10.6 Å². The van der Waals surface area contributed by atoms with E-state index in [0.717, 1.165) is 40.6 Å². The summed E-state index contributed by atoms with van der Waals surface area (Å²) in [4.78, 5) is 20.9. The van der Waals surface area contributed by atoms with Crippen LogP contribution in [0.15, 0.2) is 72.4 Å². The van der Waals surface area contributed by atoms with Crippen LogP contribution in [-0.2, 0) is 13.1 Å². The summed E-state index contributed by atoms with van der Waals surface area (Å²) in [6.45, 7) is 3.17. The maximum atomic E-state index is 13.2. The van der Waals surface area contributed by atoms with Gasteiger partial charge in [0.25, 0.3) is 5.91 Å². The molecule has 32 heavy (non-hydrogen) atoms. The molecule has 1 saturated heterocycles. The first-order chi connectivity index (χ1) is 15.8. The van der Waals surface area contributed by atoms with E-state index in [4.69, 9.17) is 5.10 Å². The van der Waals surface area contributed by atoms with E-state index in [2.05, 4.69) is 33.4 Å². The van der Waals surface area contributed by atoms with E-state index >= 15 is 0 Å². The number of pyridine rings is 1. The first kappa shape index (κ1) is 20.5. The summed E-state index contributed by atoms with van der Waals surface area (Å²) in [6, 6.07) is 18.2. The van der Waals surface area contributed by atoms with Gasteiger partial charge in [0.15, 0.2) is 0 Å². The Morgan fingerprint density at radius 2 is 1.88 bits per heavy atom. The topological polar surface area (TPSA) is 63.1 Å². The molecule has 0 unspecified atom stereocenters. The van der Waals surface area contributed by atoms with Crippen LogP contribution in [0.3, 0.4) is 0 Å². The highest BCUT2D eigenvalue weighted by molar-refractivity contribution is 7.13. The second-order valence-corrected chi connectivity index (χ2v) is 8.90. The molecule has 1 fully saturated rings. The van der Waals surface area contributed by atoms with Gasteiger partial charge in [0.05, 0.1) is 17.0 Å². The fourth-order valence-corrected chi connectivity index (χ4v) is 4.72. The number of hydrogen-bond donors (Lipinski definition) is 1. The van der Waals surface area contributed by atoms with E-state index in [-0.39, 0.29) is 5.91 Å². The highest BCUT2D eigenvalue weighted by Crippen LogP contribution is 2.27. The van der Waals surface area contributed by atoms with Crippen LogP contribution in [0.4, 0.5) is 5.82 Å². The van der Waals surface area contributed by atoms with E-state index in [1.54, 1.807) is 11.3 Å². The number of carbonyl (C=O) groups is 1. The molecule has 1 aromatic carbocycles. The Bertz CT molecular complexity index is 1180. The molecule has 6 nitrogen and oxygen atoms in total. The molecule has 0 spiro atoms. The Morgan fingerprint density at radius 1 is 1.03 bits per heavy atom. The van der Waals surface area contributed by atoms with Crippen molar-refractivity contribution in [2.75, 3.05) is 18.0 Å². The van der Waals surface area contributed by atoms with Crippen LogP contribution < -0.4 is 10.2 Å². The molecular weight excluding hydrogens is 418 g/mol. The molecule has 4 aromatic rings. The Morgan fingerprint density at radius 3 is 2.66 bits per heavy atom. The second kappa shape index (κ2) is 9.36. The van der Waals surface area contributed by atoms with Gasteiger partial charge < -0.3 is 10.2 Å². The third kappa shape index (κ3) is 4.57. The summed E-state index contributed by atoms with van der Waals surface area (Å²) in [5.41, 5.74) is 3.51. The Hall–Kier alpha value is -3.45. The van der Waals surface area contributed by atoms with Crippen LogP contribution in [0.25, 0.3) is 10.6 Å². The highest BCUT2D eigenvalue weighted by Gasteiger charge is 2.19. The minimum absolute atomic E-state index is 0.118. The number of nitrogens with one attached hydrogen (secondary N) is 1. The molecule has 0 radical (unpaired) electrons. The minimum atomic E-state index is -0.118. The Balaban J connectivity index is 1.34. The molecule has 1 aliphatic heterocycles. The van der Waals surface area contributed by atoms with Gasteiger partial charge >= 0.3 is 0 Å². The molecule has 162 valence electrons. The van der Waals surface area contributed by atoms with Crippen molar-refractivity contribution in [3.05, 3.63) is 89.1 Å².